The molecule has 41 heavy (non-hydrogen) atoms. The fourth-order valence-electron chi connectivity index (χ4n) is 4.71. The summed E-state index contributed by atoms with van der Waals surface area (Å²) >= 11 is 0. The fourth-order valence-corrected chi connectivity index (χ4v) is 4.71. The Morgan fingerprint density at radius 2 is 1.71 bits per heavy atom. The van der Waals surface area contributed by atoms with Gasteiger partial charge in [-0.1, -0.05) is 30.3 Å². The molecule has 1 saturated heterocycles. The monoisotopic (exact) mass is 569 g/mol. The Kier molecular flexibility index (Phi) is 11.0. The van der Waals surface area contributed by atoms with Crippen LogP contribution in [0.25, 0.3) is 0 Å². The number of rotatable bonds is 14. The van der Waals surface area contributed by atoms with Crippen LogP contribution in [0.2, 0.25) is 0 Å². The summed E-state index contributed by atoms with van der Waals surface area (Å²) in [6.45, 7) is 1.45. The van der Waals surface area contributed by atoms with Crippen LogP contribution in [-0.4, -0.2) is 86.2 Å². The Balaban J connectivity index is 1.85. The number of aliphatic carboxylic acids is 1. The molecular weight excluding hydrogens is 534 g/mol. The second kappa shape index (κ2) is 14.6. The zero-order valence-corrected chi connectivity index (χ0v) is 22.7. The Morgan fingerprint density at radius 3 is 2.32 bits per heavy atom. The quantitative estimate of drug-likeness (QED) is 0.166. The lowest BCUT2D eigenvalue weighted by atomic mass is 10.0. The van der Waals surface area contributed by atoms with Gasteiger partial charge in [0, 0.05) is 44.6 Å². The van der Waals surface area contributed by atoms with Gasteiger partial charge in [0.05, 0.1) is 6.33 Å². The number of primary amides is 1. The molecule has 2 aromatic rings. The van der Waals surface area contributed by atoms with Gasteiger partial charge in [-0.3, -0.25) is 24.0 Å². The van der Waals surface area contributed by atoms with Crippen LogP contribution >= 0.6 is 0 Å². The largest absolute Gasteiger partial charge is 0.480 e. The Labute approximate surface area is 236 Å². The molecule has 14 heteroatoms. The molecule has 220 valence electrons. The highest BCUT2D eigenvalue weighted by molar-refractivity contribution is 5.95. The van der Waals surface area contributed by atoms with Crippen molar-refractivity contribution < 1.29 is 33.9 Å². The van der Waals surface area contributed by atoms with Crippen molar-refractivity contribution in [1.82, 2.24) is 30.8 Å². The molecule has 1 aromatic carbocycles. The minimum Gasteiger partial charge on any atom is -0.480 e. The normalized spacial score (nSPS) is 16.7. The zero-order valence-electron chi connectivity index (χ0n) is 22.7. The molecule has 4 atom stereocenters. The van der Waals surface area contributed by atoms with Gasteiger partial charge in [-0.25, -0.2) is 9.78 Å². The van der Waals surface area contributed by atoms with Crippen LogP contribution in [0, 0.1) is 0 Å². The van der Waals surface area contributed by atoms with Crippen LogP contribution in [-0.2, 0) is 41.6 Å². The number of nitrogens with two attached hydrogens (primary N) is 1. The molecule has 0 saturated carbocycles. The van der Waals surface area contributed by atoms with Crippen LogP contribution in [0.1, 0.15) is 43.9 Å². The second-order valence-corrected chi connectivity index (χ2v) is 9.88. The van der Waals surface area contributed by atoms with Gasteiger partial charge in [0.15, 0.2) is 0 Å². The second-order valence-electron chi connectivity index (χ2n) is 9.88. The minimum absolute atomic E-state index is 0.00649. The number of H-pyrrole nitrogens is 1. The molecule has 1 aliphatic heterocycles. The number of imidazole rings is 1. The van der Waals surface area contributed by atoms with Crippen LogP contribution in [0.3, 0.4) is 0 Å². The molecule has 5 amide bonds. The molecular formula is C27H35N7O7. The highest BCUT2D eigenvalue weighted by atomic mass is 16.4. The summed E-state index contributed by atoms with van der Waals surface area (Å²) in [5.74, 6) is -4.27. The van der Waals surface area contributed by atoms with E-state index >= 15 is 0 Å². The van der Waals surface area contributed by atoms with Gasteiger partial charge >= 0.3 is 5.97 Å². The van der Waals surface area contributed by atoms with Crippen LogP contribution < -0.4 is 21.7 Å². The van der Waals surface area contributed by atoms with Crippen LogP contribution in [0.4, 0.5) is 0 Å². The highest BCUT2D eigenvalue weighted by Gasteiger charge is 2.38. The maximum atomic E-state index is 13.7. The Hall–Kier alpha value is -4.75. The van der Waals surface area contributed by atoms with E-state index in [0.29, 0.717) is 24.1 Å². The average molecular weight is 570 g/mol. The third-order valence-electron chi connectivity index (χ3n) is 6.70. The smallest absolute Gasteiger partial charge is 0.326 e. The van der Waals surface area contributed by atoms with Gasteiger partial charge in [0.2, 0.25) is 29.5 Å². The molecule has 0 unspecified atom stereocenters. The molecule has 2 heterocycles. The van der Waals surface area contributed by atoms with Crippen molar-refractivity contribution in [3.8, 4) is 0 Å². The third kappa shape index (κ3) is 9.15. The van der Waals surface area contributed by atoms with Gasteiger partial charge in [0.1, 0.15) is 24.2 Å². The molecule has 0 aliphatic carbocycles. The first kappa shape index (κ1) is 30.8. The van der Waals surface area contributed by atoms with E-state index in [9.17, 15) is 33.9 Å². The number of carbonyl (C=O) groups is 6. The molecule has 0 bridgehead atoms. The number of carboxylic acid groups (broad SMARTS) is 1. The topological polar surface area (TPSA) is 217 Å². The van der Waals surface area contributed by atoms with Gasteiger partial charge in [-0.15, -0.1) is 0 Å². The number of amides is 5. The zero-order chi connectivity index (χ0) is 29.9. The van der Waals surface area contributed by atoms with Crippen molar-refractivity contribution in [3.63, 3.8) is 0 Å². The SMILES string of the molecule is CC(=O)N[C@@H](CCC(N)=O)C(=O)N[C@H](Cc1ccccc1)C(=O)N[C@@H](Cc1cnc[nH]1)C(=O)N1CCC[C@@H]1C(=O)O. The minimum atomic E-state index is -1.18. The van der Waals surface area contributed by atoms with Crippen molar-refractivity contribution in [2.24, 2.45) is 5.73 Å². The van der Waals surface area contributed by atoms with Crippen molar-refractivity contribution in [1.29, 1.82) is 0 Å². The van der Waals surface area contributed by atoms with E-state index in [4.69, 9.17) is 5.73 Å². The van der Waals surface area contributed by atoms with Crippen molar-refractivity contribution >= 4 is 35.5 Å². The number of carboxylic acids is 1. The number of carbonyl (C=O) groups excluding carboxylic acids is 5. The molecule has 3 rings (SSSR count). The summed E-state index contributed by atoms with van der Waals surface area (Å²) in [6.07, 6.45) is 3.53. The fraction of sp³-hybridized carbons (Fsp3) is 0.444. The molecule has 0 spiro atoms. The summed E-state index contributed by atoms with van der Waals surface area (Å²) in [4.78, 5) is 83.2. The van der Waals surface area contributed by atoms with Crippen LogP contribution in [0.5, 0.6) is 0 Å². The number of hydrogen-bond donors (Lipinski definition) is 6. The maximum Gasteiger partial charge on any atom is 0.326 e. The third-order valence-corrected chi connectivity index (χ3v) is 6.70. The maximum absolute atomic E-state index is 13.7. The number of aromatic nitrogens is 2. The summed E-state index contributed by atoms with van der Waals surface area (Å²) in [6, 6.07) is 4.38. The summed E-state index contributed by atoms with van der Waals surface area (Å²) < 4.78 is 0. The average Bonchev–Trinajstić information content (AvgIpc) is 3.62. The standard InChI is InChI=1S/C27H35N7O7/c1-16(35)31-19(9-10-23(28)36)24(37)32-20(12-17-6-3-2-4-7-17)25(38)33-21(13-18-14-29-15-30-18)26(39)34-11-5-8-22(34)27(40)41/h2-4,6-7,14-15,19-22H,5,8-13H2,1H3,(H2,28,36)(H,29,30)(H,31,35)(H,32,37)(H,33,38)(H,40,41)/t19-,20+,21-,22+/m0/s1. The van der Waals surface area contributed by atoms with Crippen molar-refractivity contribution in [2.75, 3.05) is 6.54 Å². The van der Waals surface area contributed by atoms with E-state index in [1.807, 2.05) is 0 Å². The van der Waals surface area contributed by atoms with Gasteiger partial charge in [-0.2, -0.15) is 0 Å². The number of aromatic amines is 1. The first-order valence-corrected chi connectivity index (χ1v) is 13.3. The van der Waals surface area contributed by atoms with E-state index in [2.05, 4.69) is 25.9 Å². The van der Waals surface area contributed by atoms with Crippen molar-refractivity contribution in [3.05, 3.63) is 54.1 Å². The Morgan fingerprint density at radius 1 is 1.02 bits per heavy atom. The number of likely N-dealkylation sites (tertiary alicyclic amines) is 1. The summed E-state index contributed by atoms with van der Waals surface area (Å²) in [5, 5.41) is 17.4. The predicted octanol–water partition coefficient (Wildman–Crippen LogP) is -0.990. The molecule has 1 fully saturated rings. The molecule has 1 aromatic heterocycles. The molecule has 0 radical (unpaired) electrons. The van der Waals surface area contributed by atoms with Gasteiger partial charge in [-0.05, 0) is 24.8 Å². The summed E-state index contributed by atoms with van der Waals surface area (Å²) in [7, 11) is 0. The number of benzene rings is 1. The van der Waals surface area contributed by atoms with Gasteiger partial charge < -0.3 is 36.7 Å². The van der Waals surface area contributed by atoms with E-state index in [1.54, 1.807) is 30.3 Å². The van der Waals surface area contributed by atoms with Crippen LogP contribution in [0.15, 0.2) is 42.9 Å². The lowest BCUT2D eigenvalue weighted by Gasteiger charge is -2.29. The molecule has 14 nitrogen and oxygen atoms in total. The van der Waals surface area contributed by atoms with E-state index in [-0.39, 0.29) is 32.2 Å². The van der Waals surface area contributed by atoms with Gasteiger partial charge in [0.25, 0.3) is 0 Å². The highest BCUT2D eigenvalue weighted by Crippen LogP contribution is 2.19. The number of hydrogen-bond acceptors (Lipinski definition) is 7. The number of nitrogens with zero attached hydrogens (tertiary/aromatic N) is 2. The lowest BCUT2D eigenvalue weighted by molar-refractivity contribution is -0.149. The predicted molar refractivity (Wildman–Crippen MR) is 145 cm³/mol. The van der Waals surface area contributed by atoms with E-state index in [0.717, 1.165) is 0 Å². The number of nitrogens with one attached hydrogen (secondary N) is 4. The van der Waals surface area contributed by atoms with Crippen molar-refractivity contribution in [2.45, 2.75) is 69.6 Å². The Bertz CT molecular complexity index is 1240. The van der Waals surface area contributed by atoms with E-state index < -0.39 is 59.7 Å². The molecule has 1 aliphatic rings. The lowest BCUT2D eigenvalue weighted by Crippen LogP contribution is -2.58. The molecule has 7 N–H and O–H groups in total. The summed E-state index contributed by atoms with van der Waals surface area (Å²) in [5.41, 5.74) is 6.46. The van der Waals surface area contributed by atoms with E-state index in [1.165, 1.54) is 24.3 Å². The first-order chi connectivity index (χ1) is 19.5. The first-order valence-electron chi connectivity index (χ1n) is 13.3.